The lowest BCUT2D eigenvalue weighted by Crippen LogP contribution is -2.35. The number of fused-ring (bicyclic) bond motifs is 1. The summed E-state index contributed by atoms with van der Waals surface area (Å²) in [7, 11) is 0. The van der Waals surface area contributed by atoms with Crippen LogP contribution in [0.15, 0.2) is 28.8 Å². The molecule has 180 valence electrons. The zero-order chi connectivity index (χ0) is 24.8. The third-order valence-electron chi connectivity index (χ3n) is 4.93. The van der Waals surface area contributed by atoms with Gasteiger partial charge in [-0.3, -0.25) is 14.9 Å². The molecule has 7 nitrogen and oxygen atoms in total. The van der Waals surface area contributed by atoms with Crippen molar-refractivity contribution in [1.29, 1.82) is 0 Å². The van der Waals surface area contributed by atoms with Crippen molar-refractivity contribution >= 4 is 28.3 Å². The van der Waals surface area contributed by atoms with E-state index in [1.165, 1.54) is 6.07 Å². The Bertz CT molecular complexity index is 1230. The van der Waals surface area contributed by atoms with Gasteiger partial charge in [0.25, 0.3) is 11.8 Å². The summed E-state index contributed by atoms with van der Waals surface area (Å²) in [6.07, 6.45) is -9.90. The fourth-order valence-electron chi connectivity index (χ4n) is 3.32. The van der Waals surface area contributed by atoms with Gasteiger partial charge in [-0.25, -0.2) is 4.98 Å². The number of aromatic nitrogens is 2. The zero-order valence-electron chi connectivity index (χ0n) is 17.2. The molecule has 0 fully saturated rings. The maximum absolute atomic E-state index is 13.1. The molecule has 0 saturated heterocycles. The number of alkyl halides is 6. The van der Waals surface area contributed by atoms with E-state index >= 15 is 0 Å². The second-order valence-electron chi connectivity index (χ2n) is 7.44. The molecular formula is C20H14F6N4O3S. The van der Waals surface area contributed by atoms with Crippen molar-refractivity contribution < 1.29 is 40.5 Å². The summed E-state index contributed by atoms with van der Waals surface area (Å²) in [5, 5.41) is 6.34. The second kappa shape index (κ2) is 8.42. The predicted molar refractivity (Wildman–Crippen MR) is 106 cm³/mol. The third kappa shape index (κ3) is 4.90. The van der Waals surface area contributed by atoms with Gasteiger partial charge >= 0.3 is 12.4 Å². The molecular weight excluding hydrogens is 490 g/mol. The number of halogens is 6. The molecule has 0 unspecified atom stereocenters. The van der Waals surface area contributed by atoms with Crippen LogP contribution in [0.25, 0.3) is 0 Å². The number of carbonyl (C=O) groups is 2. The summed E-state index contributed by atoms with van der Waals surface area (Å²) >= 11 is 1.04. The monoisotopic (exact) mass is 504 g/mol. The van der Waals surface area contributed by atoms with Gasteiger partial charge in [-0.2, -0.15) is 26.3 Å². The van der Waals surface area contributed by atoms with Crippen LogP contribution in [0.2, 0.25) is 0 Å². The third-order valence-corrected chi connectivity index (χ3v) is 5.93. The highest BCUT2D eigenvalue weighted by Crippen LogP contribution is 2.37. The maximum atomic E-state index is 13.1. The fraction of sp³-hybridized carbons (Fsp3) is 0.300. The first-order valence-corrected chi connectivity index (χ1v) is 10.4. The Hall–Kier alpha value is -3.42. The van der Waals surface area contributed by atoms with Crippen LogP contribution in [0, 0.1) is 6.92 Å². The SMILES string of the molecule is Cc1cc(C(=O)Nc2nc3c(s2)CN(C(=O)c2cc(C(F)(F)F)cc(C(F)(F)F)c2)CC3)no1. The summed E-state index contributed by atoms with van der Waals surface area (Å²) in [5.74, 6) is -1.11. The van der Waals surface area contributed by atoms with Crippen LogP contribution in [-0.2, 0) is 25.3 Å². The number of thiazole rings is 1. The lowest BCUT2D eigenvalue weighted by atomic mass is 10.0. The second-order valence-corrected chi connectivity index (χ2v) is 8.52. The number of nitrogens with zero attached hydrogens (tertiary/aromatic N) is 3. The Kier molecular flexibility index (Phi) is 5.87. The van der Waals surface area contributed by atoms with Gasteiger partial charge in [0.15, 0.2) is 10.8 Å². The smallest absolute Gasteiger partial charge is 0.361 e. The van der Waals surface area contributed by atoms with E-state index in [1.54, 1.807) is 6.92 Å². The molecule has 14 heteroatoms. The molecule has 1 aliphatic rings. The molecule has 1 N–H and O–H groups in total. The number of hydrogen-bond acceptors (Lipinski definition) is 6. The quantitative estimate of drug-likeness (QED) is 0.512. The molecule has 1 aliphatic heterocycles. The molecule has 3 aromatic rings. The fourth-order valence-corrected chi connectivity index (χ4v) is 4.34. The number of nitrogens with one attached hydrogen (secondary N) is 1. The number of aryl methyl sites for hydroxylation is 1. The summed E-state index contributed by atoms with van der Waals surface area (Å²) in [4.78, 5) is 31.0. The Labute approximate surface area is 191 Å². The van der Waals surface area contributed by atoms with Crippen LogP contribution >= 0.6 is 11.3 Å². The van der Waals surface area contributed by atoms with E-state index in [4.69, 9.17) is 4.52 Å². The highest BCUT2D eigenvalue weighted by molar-refractivity contribution is 7.15. The first kappa shape index (κ1) is 23.7. The average Bonchev–Trinajstić information content (AvgIpc) is 3.36. The highest BCUT2D eigenvalue weighted by Gasteiger charge is 2.38. The van der Waals surface area contributed by atoms with Crippen molar-refractivity contribution in [2.75, 3.05) is 11.9 Å². The maximum Gasteiger partial charge on any atom is 0.416 e. The van der Waals surface area contributed by atoms with Gasteiger partial charge in [0.05, 0.1) is 23.4 Å². The topological polar surface area (TPSA) is 88.3 Å². The van der Waals surface area contributed by atoms with Crippen LogP contribution in [0.4, 0.5) is 31.5 Å². The lowest BCUT2D eigenvalue weighted by molar-refractivity contribution is -0.143. The van der Waals surface area contributed by atoms with Crippen LogP contribution in [0.3, 0.4) is 0 Å². The average molecular weight is 504 g/mol. The van der Waals surface area contributed by atoms with Crippen molar-refractivity contribution in [3.63, 3.8) is 0 Å². The van der Waals surface area contributed by atoms with Gasteiger partial charge in [-0.15, -0.1) is 0 Å². The molecule has 0 bridgehead atoms. The van der Waals surface area contributed by atoms with Crippen LogP contribution in [-0.4, -0.2) is 33.4 Å². The molecule has 2 aromatic heterocycles. The first-order chi connectivity index (χ1) is 15.8. The van der Waals surface area contributed by atoms with E-state index in [2.05, 4.69) is 15.5 Å². The zero-order valence-corrected chi connectivity index (χ0v) is 18.0. The van der Waals surface area contributed by atoms with Gasteiger partial charge in [-0.05, 0) is 25.1 Å². The Morgan fingerprint density at radius 3 is 2.26 bits per heavy atom. The van der Waals surface area contributed by atoms with Gasteiger partial charge in [0.2, 0.25) is 0 Å². The Morgan fingerprint density at radius 2 is 1.71 bits per heavy atom. The van der Waals surface area contributed by atoms with Crippen LogP contribution in [0.1, 0.15) is 48.3 Å². The Morgan fingerprint density at radius 1 is 1.06 bits per heavy atom. The summed E-state index contributed by atoms with van der Waals surface area (Å²) in [6, 6.07) is 2.21. The van der Waals surface area contributed by atoms with Gasteiger partial charge in [0, 0.05) is 29.5 Å². The first-order valence-electron chi connectivity index (χ1n) is 9.63. The van der Waals surface area contributed by atoms with Gasteiger partial charge in [0.1, 0.15) is 5.76 Å². The van der Waals surface area contributed by atoms with E-state index in [0.29, 0.717) is 28.5 Å². The summed E-state index contributed by atoms with van der Waals surface area (Å²) in [5.41, 5.74) is -3.23. The normalized spacial score (nSPS) is 14.1. The molecule has 0 saturated carbocycles. The van der Waals surface area contributed by atoms with Crippen molar-refractivity contribution in [3.05, 3.63) is 63.0 Å². The summed E-state index contributed by atoms with van der Waals surface area (Å²) in [6.45, 7) is 1.56. The minimum Gasteiger partial charge on any atom is -0.361 e. The van der Waals surface area contributed by atoms with Crippen molar-refractivity contribution in [1.82, 2.24) is 15.0 Å². The van der Waals surface area contributed by atoms with Gasteiger partial charge in [-0.1, -0.05) is 16.5 Å². The predicted octanol–water partition coefficient (Wildman–Crippen LogP) is 4.93. The van der Waals surface area contributed by atoms with E-state index < -0.39 is 40.9 Å². The van der Waals surface area contributed by atoms with E-state index in [-0.39, 0.29) is 36.4 Å². The number of anilines is 1. The van der Waals surface area contributed by atoms with E-state index in [1.807, 2.05) is 0 Å². The molecule has 34 heavy (non-hydrogen) atoms. The largest absolute Gasteiger partial charge is 0.416 e. The van der Waals surface area contributed by atoms with Crippen LogP contribution in [0.5, 0.6) is 0 Å². The number of benzene rings is 1. The number of carbonyl (C=O) groups excluding carboxylic acids is 2. The van der Waals surface area contributed by atoms with Crippen LogP contribution < -0.4 is 5.32 Å². The minimum atomic E-state index is -5.06. The molecule has 1 aromatic carbocycles. The molecule has 3 heterocycles. The van der Waals surface area contributed by atoms with Crippen molar-refractivity contribution in [3.8, 4) is 0 Å². The number of amides is 2. The molecule has 0 radical (unpaired) electrons. The lowest BCUT2D eigenvalue weighted by Gasteiger charge is -2.26. The van der Waals surface area contributed by atoms with Gasteiger partial charge < -0.3 is 9.42 Å². The Balaban J connectivity index is 1.55. The number of hydrogen-bond donors (Lipinski definition) is 1. The van der Waals surface area contributed by atoms with E-state index in [9.17, 15) is 35.9 Å². The molecule has 0 atom stereocenters. The molecule has 2 amide bonds. The summed E-state index contributed by atoms with van der Waals surface area (Å²) < 4.78 is 83.6. The molecule has 4 rings (SSSR count). The number of rotatable bonds is 3. The van der Waals surface area contributed by atoms with E-state index in [0.717, 1.165) is 16.2 Å². The standard InChI is InChI=1S/C20H14F6N4O3S/c1-9-4-14(29-33-9)16(31)28-18-27-13-2-3-30(8-15(13)34-18)17(32)10-5-11(19(21,22)23)7-12(6-10)20(24,25)26/h4-7H,2-3,8H2,1H3,(H,27,28,31). The molecule has 0 spiro atoms. The highest BCUT2D eigenvalue weighted by atomic mass is 32.1. The van der Waals surface area contributed by atoms with Crippen molar-refractivity contribution in [2.24, 2.45) is 0 Å². The van der Waals surface area contributed by atoms with Crippen molar-refractivity contribution in [2.45, 2.75) is 32.2 Å². The molecule has 0 aliphatic carbocycles. The minimum absolute atomic E-state index is 0.0282.